The van der Waals surface area contributed by atoms with E-state index in [-0.39, 0.29) is 24.5 Å². The molecule has 6 nitrogen and oxygen atoms in total. The summed E-state index contributed by atoms with van der Waals surface area (Å²) >= 11 is 0. The lowest BCUT2D eigenvalue weighted by Gasteiger charge is -2.21. The van der Waals surface area contributed by atoms with Crippen molar-refractivity contribution in [1.82, 2.24) is 5.32 Å². The van der Waals surface area contributed by atoms with E-state index in [9.17, 15) is 19.5 Å². The number of carbonyl (C=O) groups is 3. The van der Waals surface area contributed by atoms with Crippen molar-refractivity contribution >= 4 is 17.7 Å². The number of rotatable bonds is 8. The van der Waals surface area contributed by atoms with Crippen molar-refractivity contribution in [3.8, 4) is 0 Å². The number of Topliss-reactive ketones (excluding diaryl/α,β-unsaturated/α-hetero) is 1. The maximum Gasteiger partial charge on any atom is 0.303 e. The van der Waals surface area contributed by atoms with Gasteiger partial charge in [0.15, 0.2) is 11.9 Å². The van der Waals surface area contributed by atoms with Crippen molar-refractivity contribution in [1.29, 1.82) is 0 Å². The van der Waals surface area contributed by atoms with Crippen LogP contribution in [0, 0.1) is 5.92 Å². The summed E-state index contributed by atoms with van der Waals surface area (Å²) in [6.07, 6.45) is -1.63. The van der Waals surface area contributed by atoms with E-state index in [0.29, 0.717) is 5.56 Å². The first-order valence-corrected chi connectivity index (χ1v) is 7.11. The largest absolute Gasteiger partial charge is 0.481 e. The molecule has 0 saturated carbocycles. The molecule has 1 unspecified atom stereocenters. The number of aliphatic hydroxyl groups is 1. The van der Waals surface area contributed by atoms with Gasteiger partial charge in [0.2, 0.25) is 0 Å². The summed E-state index contributed by atoms with van der Waals surface area (Å²) in [6, 6.07) is 7.41. The van der Waals surface area contributed by atoms with Crippen LogP contribution in [0.15, 0.2) is 30.3 Å². The number of benzene rings is 1. The fraction of sp³-hybridized carbons (Fsp3) is 0.438. The van der Waals surface area contributed by atoms with Gasteiger partial charge in [-0.2, -0.15) is 0 Å². The van der Waals surface area contributed by atoms with Crippen molar-refractivity contribution in [2.45, 2.75) is 38.8 Å². The first-order chi connectivity index (χ1) is 10.3. The minimum Gasteiger partial charge on any atom is -0.481 e. The van der Waals surface area contributed by atoms with Crippen molar-refractivity contribution in [3.63, 3.8) is 0 Å². The van der Waals surface area contributed by atoms with E-state index in [4.69, 9.17) is 5.11 Å². The Morgan fingerprint density at radius 1 is 1.14 bits per heavy atom. The van der Waals surface area contributed by atoms with Gasteiger partial charge in [0.05, 0.1) is 6.04 Å². The number of hydrogen-bond donors (Lipinski definition) is 3. The molecule has 0 heterocycles. The monoisotopic (exact) mass is 307 g/mol. The molecule has 2 atom stereocenters. The Morgan fingerprint density at radius 3 is 2.23 bits per heavy atom. The van der Waals surface area contributed by atoms with Gasteiger partial charge in [-0.25, -0.2) is 0 Å². The number of aliphatic hydroxyl groups excluding tert-OH is 1. The van der Waals surface area contributed by atoms with E-state index in [2.05, 4.69) is 5.32 Å². The maximum atomic E-state index is 12.1. The molecule has 0 aromatic heterocycles. The second kappa shape index (κ2) is 8.29. The quantitative estimate of drug-likeness (QED) is 0.671. The third-order valence-corrected chi connectivity index (χ3v) is 3.24. The zero-order valence-electron chi connectivity index (χ0n) is 12.7. The standard InChI is InChI=1S/C16H21NO5/c1-10(2)14(20)12(8-9-13(18)19)17-16(22)15(21)11-6-4-3-5-7-11/h3-7,10,12,15,21H,8-9H2,1-2H3,(H,17,22)(H,18,19)/t12?,15-/m0/s1. The van der Waals surface area contributed by atoms with E-state index in [1.807, 2.05) is 0 Å². The third kappa shape index (κ3) is 5.29. The second-order valence-corrected chi connectivity index (χ2v) is 5.36. The van der Waals surface area contributed by atoms with Crippen LogP contribution in [0.5, 0.6) is 0 Å². The molecule has 1 amide bonds. The van der Waals surface area contributed by atoms with E-state index < -0.39 is 24.0 Å². The lowest BCUT2D eigenvalue weighted by atomic mass is 9.97. The van der Waals surface area contributed by atoms with Gasteiger partial charge in [-0.1, -0.05) is 44.2 Å². The van der Waals surface area contributed by atoms with Gasteiger partial charge in [0.1, 0.15) is 0 Å². The van der Waals surface area contributed by atoms with Crippen molar-refractivity contribution in [2.75, 3.05) is 0 Å². The maximum absolute atomic E-state index is 12.1. The van der Waals surface area contributed by atoms with Crippen LogP contribution >= 0.6 is 0 Å². The normalized spacial score (nSPS) is 13.5. The van der Waals surface area contributed by atoms with Gasteiger partial charge in [-0.3, -0.25) is 14.4 Å². The second-order valence-electron chi connectivity index (χ2n) is 5.36. The van der Waals surface area contributed by atoms with E-state index in [1.165, 1.54) is 0 Å². The highest BCUT2D eigenvalue weighted by atomic mass is 16.4. The number of carboxylic acid groups (broad SMARTS) is 1. The smallest absolute Gasteiger partial charge is 0.303 e. The van der Waals surface area contributed by atoms with Crippen LogP contribution in [0.2, 0.25) is 0 Å². The Hall–Kier alpha value is -2.21. The van der Waals surface area contributed by atoms with Gasteiger partial charge < -0.3 is 15.5 Å². The Kier molecular flexibility index (Phi) is 6.72. The molecule has 22 heavy (non-hydrogen) atoms. The Morgan fingerprint density at radius 2 is 1.73 bits per heavy atom. The highest BCUT2D eigenvalue weighted by molar-refractivity contribution is 5.92. The van der Waals surface area contributed by atoms with Gasteiger partial charge >= 0.3 is 5.97 Å². The Balaban J connectivity index is 2.77. The molecule has 0 aliphatic heterocycles. The van der Waals surface area contributed by atoms with Gasteiger partial charge in [0.25, 0.3) is 5.91 Å². The minimum absolute atomic E-state index is 0.000400. The summed E-state index contributed by atoms with van der Waals surface area (Å²) in [7, 11) is 0. The van der Waals surface area contributed by atoms with Crippen LogP contribution in [-0.4, -0.2) is 33.9 Å². The average molecular weight is 307 g/mol. The SMILES string of the molecule is CC(C)C(=O)C(CCC(=O)O)NC(=O)[C@@H](O)c1ccccc1. The van der Waals surface area contributed by atoms with Gasteiger partial charge in [-0.15, -0.1) is 0 Å². The summed E-state index contributed by atoms with van der Waals surface area (Å²) in [4.78, 5) is 34.8. The summed E-state index contributed by atoms with van der Waals surface area (Å²) in [5.41, 5.74) is 0.411. The average Bonchev–Trinajstić information content (AvgIpc) is 2.50. The lowest BCUT2D eigenvalue weighted by molar-refractivity contribution is -0.138. The predicted molar refractivity (Wildman–Crippen MR) is 80.0 cm³/mol. The zero-order chi connectivity index (χ0) is 16.7. The zero-order valence-corrected chi connectivity index (χ0v) is 12.7. The Labute approximate surface area is 129 Å². The molecule has 6 heteroatoms. The highest BCUT2D eigenvalue weighted by Gasteiger charge is 2.27. The molecule has 0 aliphatic carbocycles. The number of hydrogen-bond acceptors (Lipinski definition) is 4. The molecule has 3 N–H and O–H groups in total. The summed E-state index contributed by atoms with van der Waals surface area (Å²) in [5.74, 6) is -2.35. The number of carboxylic acids is 1. The molecule has 0 spiro atoms. The van der Waals surface area contributed by atoms with Crippen molar-refractivity contribution in [3.05, 3.63) is 35.9 Å². The fourth-order valence-electron chi connectivity index (χ4n) is 1.99. The van der Waals surface area contributed by atoms with E-state index in [1.54, 1.807) is 44.2 Å². The number of carbonyl (C=O) groups excluding carboxylic acids is 2. The van der Waals surface area contributed by atoms with Gasteiger partial charge in [0, 0.05) is 12.3 Å². The van der Waals surface area contributed by atoms with Crippen LogP contribution in [-0.2, 0) is 14.4 Å². The molecule has 0 saturated heterocycles. The van der Waals surface area contributed by atoms with Crippen molar-refractivity contribution in [2.24, 2.45) is 5.92 Å². The van der Waals surface area contributed by atoms with E-state index in [0.717, 1.165) is 0 Å². The molecular weight excluding hydrogens is 286 g/mol. The van der Waals surface area contributed by atoms with Crippen LogP contribution in [0.4, 0.5) is 0 Å². The molecule has 0 aliphatic rings. The molecule has 0 radical (unpaired) electrons. The van der Waals surface area contributed by atoms with Crippen LogP contribution in [0.25, 0.3) is 0 Å². The molecular formula is C16H21NO5. The molecule has 0 bridgehead atoms. The summed E-state index contributed by atoms with van der Waals surface area (Å²) in [5, 5.41) is 21.2. The number of amides is 1. The summed E-state index contributed by atoms with van der Waals surface area (Å²) in [6.45, 7) is 3.35. The van der Waals surface area contributed by atoms with E-state index >= 15 is 0 Å². The number of ketones is 1. The highest BCUT2D eigenvalue weighted by Crippen LogP contribution is 2.14. The molecule has 1 rings (SSSR count). The topological polar surface area (TPSA) is 104 Å². The van der Waals surface area contributed by atoms with Gasteiger partial charge in [-0.05, 0) is 12.0 Å². The Bertz CT molecular complexity index is 527. The lowest BCUT2D eigenvalue weighted by Crippen LogP contribution is -2.44. The van der Waals surface area contributed by atoms with Crippen LogP contribution in [0.1, 0.15) is 38.4 Å². The first-order valence-electron chi connectivity index (χ1n) is 7.11. The first kappa shape index (κ1) is 17.8. The van der Waals surface area contributed by atoms with Crippen molar-refractivity contribution < 1.29 is 24.6 Å². The molecule has 120 valence electrons. The van der Waals surface area contributed by atoms with Crippen LogP contribution in [0.3, 0.4) is 0 Å². The van der Waals surface area contributed by atoms with Crippen LogP contribution < -0.4 is 5.32 Å². The molecule has 1 aromatic rings. The number of aliphatic carboxylic acids is 1. The molecule has 0 fully saturated rings. The fourth-order valence-corrected chi connectivity index (χ4v) is 1.99. The molecule has 1 aromatic carbocycles. The minimum atomic E-state index is -1.39. The third-order valence-electron chi connectivity index (χ3n) is 3.24. The predicted octanol–water partition coefficient (Wildman–Crippen LogP) is 1.29. The summed E-state index contributed by atoms with van der Waals surface area (Å²) < 4.78 is 0. The number of nitrogens with one attached hydrogen (secondary N) is 1.